The maximum atomic E-state index is 13.4. The number of nitriles is 1. The van der Waals surface area contributed by atoms with E-state index in [4.69, 9.17) is 16.7 Å². The second kappa shape index (κ2) is 6.16. The van der Waals surface area contributed by atoms with E-state index in [0.29, 0.717) is 12.8 Å². The maximum Gasteiger partial charge on any atom is 0.419 e. The lowest BCUT2D eigenvalue weighted by Gasteiger charge is -2.28. The molecule has 23 heavy (non-hydrogen) atoms. The van der Waals surface area contributed by atoms with Crippen LogP contribution in [0.15, 0.2) is 23.2 Å². The fourth-order valence-electron chi connectivity index (χ4n) is 2.68. The third-order valence-corrected chi connectivity index (χ3v) is 3.53. The summed E-state index contributed by atoms with van der Waals surface area (Å²) in [6.45, 7) is 0.244. The van der Waals surface area contributed by atoms with E-state index in [2.05, 4.69) is 4.99 Å². The number of benzene rings is 1. The zero-order chi connectivity index (χ0) is 17.2. The molecule has 1 unspecified atom stereocenters. The van der Waals surface area contributed by atoms with E-state index < -0.39 is 35.2 Å². The van der Waals surface area contributed by atoms with Crippen LogP contribution in [0.4, 0.5) is 18.9 Å². The third kappa shape index (κ3) is 3.36. The molecule has 1 aromatic rings. The first-order valence-electron chi connectivity index (χ1n) is 6.76. The number of carbonyl (C=O) groups is 1. The maximum absolute atomic E-state index is 13.4. The van der Waals surface area contributed by atoms with Gasteiger partial charge in [0.25, 0.3) is 5.91 Å². The Balaban J connectivity index is 2.51. The van der Waals surface area contributed by atoms with Crippen molar-refractivity contribution in [2.75, 3.05) is 11.4 Å². The molecule has 1 aliphatic rings. The summed E-state index contributed by atoms with van der Waals surface area (Å²) in [6, 6.07) is 4.34. The lowest BCUT2D eigenvalue weighted by molar-refractivity contribution is -0.137. The number of halogens is 3. The molecule has 0 radical (unpaired) electrons. The summed E-state index contributed by atoms with van der Waals surface area (Å²) in [5.74, 6) is -1.14. The van der Waals surface area contributed by atoms with Crippen LogP contribution in [-0.2, 0) is 11.0 Å². The highest BCUT2D eigenvalue weighted by atomic mass is 19.4. The summed E-state index contributed by atoms with van der Waals surface area (Å²) < 4.78 is 40.1. The number of carbonyl (C=O) groups excluding carboxylic acids is 1. The summed E-state index contributed by atoms with van der Waals surface area (Å²) in [6.07, 6.45) is -3.86. The number of aliphatic imine (C=N–C) groups is 1. The van der Waals surface area contributed by atoms with Crippen molar-refractivity contribution in [2.45, 2.75) is 25.1 Å². The second-order valence-electron chi connectivity index (χ2n) is 5.04. The summed E-state index contributed by atoms with van der Waals surface area (Å²) in [5, 5.41) is 8.95. The van der Waals surface area contributed by atoms with Crippen LogP contribution >= 0.6 is 0 Å². The van der Waals surface area contributed by atoms with Crippen molar-refractivity contribution in [3.8, 4) is 6.07 Å². The third-order valence-electron chi connectivity index (χ3n) is 3.53. The van der Waals surface area contributed by atoms with Gasteiger partial charge < -0.3 is 16.4 Å². The quantitative estimate of drug-likeness (QED) is 0.630. The number of guanidine groups is 1. The lowest BCUT2D eigenvalue weighted by atomic mass is 10.0. The molecule has 1 saturated heterocycles. The van der Waals surface area contributed by atoms with Gasteiger partial charge in [0.1, 0.15) is 6.04 Å². The highest BCUT2D eigenvalue weighted by Gasteiger charge is 2.41. The van der Waals surface area contributed by atoms with Crippen LogP contribution in [0, 0.1) is 11.3 Å². The van der Waals surface area contributed by atoms with E-state index in [0.717, 1.165) is 6.07 Å². The Bertz CT molecular complexity index is 689. The van der Waals surface area contributed by atoms with Gasteiger partial charge in [-0.3, -0.25) is 4.79 Å². The van der Waals surface area contributed by atoms with Crippen LogP contribution in [0.5, 0.6) is 0 Å². The molecule has 1 aromatic carbocycles. The molecule has 1 atom stereocenters. The van der Waals surface area contributed by atoms with Crippen LogP contribution in [0.1, 0.15) is 24.0 Å². The van der Waals surface area contributed by atoms with E-state index >= 15 is 0 Å². The number of hydrogen-bond donors (Lipinski definition) is 2. The molecule has 1 amide bonds. The van der Waals surface area contributed by atoms with Gasteiger partial charge in [0.2, 0.25) is 0 Å². The van der Waals surface area contributed by atoms with Crippen molar-refractivity contribution < 1.29 is 18.0 Å². The molecule has 1 aliphatic heterocycles. The highest BCUT2D eigenvalue weighted by Crippen LogP contribution is 2.41. The van der Waals surface area contributed by atoms with E-state index in [9.17, 15) is 18.0 Å². The molecule has 4 N–H and O–H groups in total. The number of amides is 1. The average molecular weight is 325 g/mol. The second-order valence-corrected chi connectivity index (χ2v) is 5.04. The fourth-order valence-corrected chi connectivity index (χ4v) is 2.68. The van der Waals surface area contributed by atoms with Gasteiger partial charge >= 0.3 is 6.18 Å². The first-order valence-corrected chi connectivity index (χ1v) is 6.76. The average Bonchev–Trinajstić information content (AvgIpc) is 2.94. The van der Waals surface area contributed by atoms with Crippen LogP contribution in [-0.4, -0.2) is 24.5 Å². The van der Waals surface area contributed by atoms with Crippen molar-refractivity contribution >= 4 is 17.6 Å². The van der Waals surface area contributed by atoms with Gasteiger partial charge in [0, 0.05) is 6.54 Å². The fraction of sp³-hybridized carbons (Fsp3) is 0.357. The number of alkyl halides is 3. The van der Waals surface area contributed by atoms with Crippen molar-refractivity contribution in [2.24, 2.45) is 16.5 Å². The van der Waals surface area contributed by atoms with Gasteiger partial charge in [-0.2, -0.15) is 23.4 Å². The molecular weight excluding hydrogens is 311 g/mol. The largest absolute Gasteiger partial charge is 0.419 e. The molecule has 9 heteroatoms. The first kappa shape index (κ1) is 16.6. The minimum Gasteiger partial charge on any atom is -0.370 e. The Morgan fingerprint density at radius 1 is 1.39 bits per heavy atom. The molecule has 0 saturated carbocycles. The predicted molar refractivity (Wildman–Crippen MR) is 77.3 cm³/mol. The zero-order valence-electron chi connectivity index (χ0n) is 12.0. The minimum absolute atomic E-state index is 0.210. The molecule has 122 valence electrons. The van der Waals surface area contributed by atoms with Crippen molar-refractivity contribution in [3.05, 3.63) is 29.3 Å². The Morgan fingerprint density at radius 2 is 2.09 bits per heavy atom. The lowest BCUT2D eigenvalue weighted by Crippen LogP contribution is -2.38. The Morgan fingerprint density at radius 3 is 2.65 bits per heavy atom. The van der Waals surface area contributed by atoms with E-state index in [1.165, 1.54) is 17.0 Å². The van der Waals surface area contributed by atoms with Crippen molar-refractivity contribution in [3.63, 3.8) is 0 Å². The minimum atomic E-state index is -4.71. The molecular formula is C14H14F3N5O. The number of nitrogens with two attached hydrogens (primary N) is 2. The highest BCUT2D eigenvalue weighted by molar-refractivity contribution is 5.96. The van der Waals surface area contributed by atoms with Gasteiger partial charge in [0.05, 0.1) is 22.9 Å². The van der Waals surface area contributed by atoms with Gasteiger partial charge in [-0.15, -0.1) is 0 Å². The van der Waals surface area contributed by atoms with Gasteiger partial charge in [0.15, 0.2) is 5.96 Å². The van der Waals surface area contributed by atoms with Crippen LogP contribution in [0.2, 0.25) is 0 Å². The van der Waals surface area contributed by atoms with Crippen LogP contribution < -0.4 is 16.4 Å². The normalized spacial score (nSPS) is 17.7. The van der Waals surface area contributed by atoms with Gasteiger partial charge in [-0.05, 0) is 25.0 Å². The van der Waals surface area contributed by atoms with E-state index in [-0.39, 0.29) is 12.2 Å². The van der Waals surface area contributed by atoms with Crippen LogP contribution in [0.3, 0.4) is 0 Å². The summed E-state index contributed by atoms with van der Waals surface area (Å²) in [4.78, 5) is 16.7. The summed E-state index contributed by atoms with van der Waals surface area (Å²) in [5.41, 5.74) is 8.56. The monoisotopic (exact) mass is 325 g/mol. The molecule has 1 fully saturated rings. The number of rotatable bonds is 2. The van der Waals surface area contributed by atoms with E-state index in [1.807, 2.05) is 0 Å². The van der Waals surface area contributed by atoms with Gasteiger partial charge in [-0.25, -0.2) is 0 Å². The zero-order valence-corrected chi connectivity index (χ0v) is 12.0. The molecule has 0 aromatic heterocycles. The molecule has 0 bridgehead atoms. The molecule has 0 spiro atoms. The number of hydrogen-bond acceptors (Lipinski definition) is 3. The van der Waals surface area contributed by atoms with E-state index in [1.54, 1.807) is 6.07 Å². The Hall–Kier alpha value is -2.76. The van der Waals surface area contributed by atoms with Crippen LogP contribution in [0.25, 0.3) is 0 Å². The summed E-state index contributed by atoms with van der Waals surface area (Å²) >= 11 is 0. The predicted octanol–water partition coefficient (Wildman–Crippen LogP) is 1.35. The van der Waals surface area contributed by atoms with Gasteiger partial charge in [-0.1, -0.05) is 6.07 Å². The Kier molecular flexibility index (Phi) is 4.45. The van der Waals surface area contributed by atoms with Crippen molar-refractivity contribution in [1.82, 2.24) is 0 Å². The first-order chi connectivity index (χ1) is 10.8. The number of anilines is 1. The summed E-state index contributed by atoms with van der Waals surface area (Å²) in [7, 11) is 0. The molecule has 6 nitrogen and oxygen atoms in total. The number of nitrogens with zero attached hydrogens (tertiary/aromatic N) is 3. The van der Waals surface area contributed by atoms with Crippen molar-refractivity contribution in [1.29, 1.82) is 5.26 Å². The molecule has 0 aliphatic carbocycles. The topological polar surface area (TPSA) is 108 Å². The molecule has 1 heterocycles. The smallest absolute Gasteiger partial charge is 0.370 e. The Labute approximate surface area is 130 Å². The standard InChI is InChI=1S/C14H14F3N5O/c15-14(16,17)11-8(7-18)3-1-4-9(11)22-6-2-5-10(22)12(23)21-13(19)20/h1,3-4,10H,2,5-6H2,(H4,19,20,21,23). The molecule has 2 rings (SSSR count). The SMILES string of the molecule is N#Cc1cccc(N2CCCC2C(=O)N=C(N)N)c1C(F)(F)F.